The highest BCUT2D eigenvalue weighted by molar-refractivity contribution is 9.10. The summed E-state index contributed by atoms with van der Waals surface area (Å²) in [6.07, 6.45) is 0. The highest BCUT2D eigenvalue weighted by Gasteiger charge is 2.18. The molecule has 7 nitrogen and oxygen atoms in total. The van der Waals surface area contributed by atoms with Crippen molar-refractivity contribution in [3.05, 3.63) is 86.2 Å². The number of benzene rings is 3. The predicted molar refractivity (Wildman–Crippen MR) is 129 cm³/mol. The van der Waals surface area contributed by atoms with Crippen LogP contribution >= 0.6 is 15.9 Å². The molecule has 0 atom stereocenters. The van der Waals surface area contributed by atoms with E-state index in [9.17, 15) is 4.79 Å². The van der Waals surface area contributed by atoms with E-state index in [1.807, 2.05) is 12.1 Å². The summed E-state index contributed by atoms with van der Waals surface area (Å²) in [5, 5.41) is 0.399. The van der Waals surface area contributed by atoms with Crippen LogP contribution in [0.25, 0.3) is 11.0 Å². The van der Waals surface area contributed by atoms with Crippen LogP contribution in [0.5, 0.6) is 28.7 Å². The van der Waals surface area contributed by atoms with Crippen molar-refractivity contribution in [3.8, 4) is 28.7 Å². The minimum Gasteiger partial charge on any atom is -0.497 e. The molecule has 0 saturated heterocycles. The SMILES string of the molecule is COc1cccc(Oc2c(C)oc3cc(OCc4cc(Br)cc5c4OCOC5)ccc3c2=O)c1. The predicted octanol–water partition coefficient (Wildman–Crippen LogP) is 6.11. The molecule has 174 valence electrons. The van der Waals surface area contributed by atoms with Crippen LogP contribution < -0.4 is 24.4 Å². The fourth-order valence-corrected chi connectivity index (χ4v) is 4.34. The Balaban J connectivity index is 1.41. The summed E-state index contributed by atoms with van der Waals surface area (Å²) in [4.78, 5) is 13.1. The number of methoxy groups -OCH3 is 1. The number of fused-ring (bicyclic) bond motifs is 2. The van der Waals surface area contributed by atoms with Crippen LogP contribution in [0.3, 0.4) is 0 Å². The third kappa shape index (κ3) is 4.47. The fraction of sp³-hybridized carbons (Fsp3) is 0.192. The van der Waals surface area contributed by atoms with Gasteiger partial charge in [-0.3, -0.25) is 4.79 Å². The van der Waals surface area contributed by atoms with E-state index in [2.05, 4.69) is 15.9 Å². The molecule has 4 aromatic rings. The lowest BCUT2D eigenvalue weighted by Crippen LogP contribution is -2.14. The van der Waals surface area contributed by atoms with Gasteiger partial charge in [-0.25, -0.2) is 0 Å². The summed E-state index contributed by atoms with van der Waals surface area (Å²) in [7, 11) is 1.57. The van der Waals surface area contributed by atoms with Crippen molar-refractivity contribution >= 4 is 26.9 Å². The molecule has 1 aromatic heterocycles. The minimum atomic E-state index is -0.262. The summed E-state index contributed by atoms with van der Waals surface area (Å²) >= 11 is 3.52. The molecule has 0 aliphatic carbocycles. The average Bonchev–Trinajstić information content (AvgIpc) is 2.85. The number of aryl methyl sites for hydroxylation is 1. The van der Waals surface area contributed by atoms with E-state index in [-0.39, 0.29) is 24.6 Å². The number of hydrogen-bond donors (Lipinski definition) is 0. The van der Waals surface area contributed by atoms with Gasteiger partial charge < -0.3 is 28.1 Å². The topological polar surface area (TPSA) is 76.4 Å². The van der Waals surface area contributed by atoms with Crippen molar-refractivity contribution < 1.29 is 28.1 Å². The first-order chi connectivity index (χ1) is 16.5. The Morgan fingerprint density at radius 3 is 2.74 bits per heavy atom. The van der Waals surface area contributed by atoms with Gasteiger partial charge >= 0.3 is 0 Å². The summed E-state index contributed by atoms with van der Waals surface area (Å²) in [5.74, 6) is 2.96. The van der Waals surface area contributed by atoms with Gasteiger partial charge in [-0.1, -0.05) is 22.0 Å². The summed E-state index contributed by atoms with van der Waals surface area (Å²) < 4.78 is 34.9. The van der Waals surface area contributed by atoms with Crippen LogP contribution in [-0.4, -0.2) is 13.9 Å². The lowest BCUT2D eigenvalue weighted by Gasteiger charge is -2.21. The number of hydrogen-bond acceptors (Lipinski definition) is 7. The normalized spacial score (nSPS) is 12.7. The second kappa shape index (κ2) is 9.40. The molecule has 1 aliphatic rings. The minimum absolute atomic E-state index is 0.134. The number of ether oxygens (including phenoxy) is 5. The standard InChI is InChI=1S/C26H21BrO7/c1-15-25(34-21-5-3-4-19(10-21)29-2)24(28)22-7-6-20(11-23(22)33-15)31-13-17-9-18(27)8-16-12-30-14-32-26(16)17/h3-11H,12-14H2,1-2H3. The second-order valence-electron chi connectivity index (χ2n) is 7.71. The molecule has 0 radical (unpaired) electrons. The van der Waals surface area contributed by atoms with Crippen molar-refractivity contribution in [2.75, 3.05) is 13.9 Å². The summed E-state index contributed by atoms with van der Waals surface area (Å²) in [6.45, 7) is 2.68. The lowest BCUT2D eigenvalue weighted by atomic mass is 10.1. The molecule has 0 fully saturated rings. The van der Waals surface area contributed by atoms with Crippen molar-refractivity contribution in [3.63, 3.8) is 0 Å². The van der Waals surface area contributed by atoms with Gasteiger partial charge in [0.15, 0.2) is 6.79 Å². The smallest absolute Gasteiger partial charge is 0.235 e. The Morgan fingerprint density at radius 1 is 1.03 bits per heavy atom. The van der Waals surface area contributed by atoms with Gasteiger partial charge in [0.2, 0.25) is 11.2 Å². The first-order valence-corrected chi connectivity index (χ1v) is 11.3. The molecule has 0 N–H and O–H groups in total. The van der Waals surface area contributed by atoms with Crippen molar-refractivity contribution in [2.24, 2.45) is 0 Å². The third-order valence-electron chi connectivity index (χ3n) is 5.39. The van der Waals surface area contributed by atoms with Gasteiger partial charge in [0.1, 0.15) is 40.9 Å². The molecule has 0 bridgehead atoms. The van der Waals surface area contributed by atoms with Crippen molar-refractivity contribution in [2.45, 2.75) is 20.1 Å². The Bertz CT molecular complexity index is 1430. The molecule has 34 heavy (non-hydrogen) atoms. The Morgan fingerprint density at radius 2 is 1.88 bits per heavy atom. The molecule has 0 unspecified atom stereocenters. The van der Waals surface area contributed by atoms with Crippen LogP contribution in [0, 0.1) is 6.92 Å². The molecule has 3 aromatic carbocycles. The highest BCUT2D eigenvalue weighted by Crippen LogP contribution is 2.33. The zero-order chi connectivity index (χ0) is 23.7. The third-order valence-corrected chi connectivity index (χ3v) is 5.85. The molecule has 2 heterocycles. The van der Waals surface area contributed by atoms with E-state index in [1.165, 1.54) is 0 Å². The van der Waals surface area contributed by atoms with Crippen LogP contribution in [0.1, 0.15) is 16.9 Å². The van der Waals surface area contributed by atoms with E-state index in [4.69, 9.17) is 28.1 Å². The molecule has 0 amide bonds. The molecular formula is C26H21BrO7. The van der Waals surface area contributed by atoms with Gasteiger partial charge in [-0.15, -0.1) is 0 Å². The van der Waals surface area contributed by atoms with E-state index in [0.29, 0.717) is 40.6 Å². The number of rotatable bonds is 6. The van der Waals surface area contributed by atoms with Crippen molar-refractivity contribution in [1.29, 1.82) is 0 Å². The zero-order valence-electron chi connectivity index (χ0n) is 18.6. The molecule has 8 heteroatoms. The van der Waals surface area contributed by atoms with Crippen molar-refractivity contribution in [1.82, 2.24) is 0 Å². The maximum absolute atomic E-state index is 13.1. The molecule has 1 aliphatic heterocycles. The van der Waals surface area contributed by atoms with Gasteiger partial charge in [0, 0.05) is 27.7 Å². The highest BCUT2D eigenvalue weighted by atomic mass is 79.9. The van der Waals surface area contributed by atoms with Gasteiger partial charge in [0.25, 0.3) is 0 Å². The van der Waals surface area contributed by atoms with Crippen LogP contribution in [0.15, 0.2) is 68.3 Å². The molecule has 0 saturated carbocycles. The molecule has 0 spiro atoms. The number of halogens is 1. The maximum Gasteiger partial charge on any atom is 0.235 e. The second-order valence-corrected chi connectivity index (χ2v) is 8.62. The van der Waals surface area contributed by atoms with E-state index in [0.717, 1.165) is 21.3 Å². The monoisotopic (exact) mass is 524 g/mol. The quantitative estimate of drug-likeness (QED) is 0.301. The van der Waals surface area contributed by atoms with E-state index in [1.54, 1.807) is 56.5 Å². The summed E-state index contributed by atoms with van der Waals surface area (Å²) in [5.41, 5.74) is 2.01. The Labute approximate surface area is 203 Å². The average molecular weight is 525 g/mol. The first kappa shape index (κ1) is 22.3. The fourth-order valence-electron chi connectivity index (χ4n) is 3.78. The Kier molecular flexibility index (Phi) is 6.17. The van der Waals surface area contributed by atoms with Crippen LogP contribution in [0.2, 0.25) is 0 Å². The lowest BCUT2D eigenvalue weighted by molar-refractivity contribution is -0.0176. The van der Waals surface area contributed by atoms with Gasteiger partial charge in [-0.2, -0.15) is 0 Å². The van der Waals surface area contributed by atoms with E-state index < -0.39 is 0 Å². The zero-order valence-corrected chi connectivity index (χ0v) is 20.1. The molecular weight excluding hydrogens is 504 g/mol. The molecule has 5 rings (SSSR count). The maximum atomic E-state index is 13.1. The van der Waals surface area contributed by atoms with E-state index >= 15 is 0 Å². The first-order valence-electron chi connectivity index (χ1n) is 10.6. The summed E-state index contributed by atoms with van der Waals surface area (Å²) in [6, 6.07) is 16.1. The largest absolute Gasteiger partial charge is 0.497 e. The van der Waals surface area contributed by atoms with Gasteiger partial charge in [-0.05, 0) is 43.3 Å². The van der Waals surface area contributed by atoms with Crippen LogP contribution in [0.4, 0.5) is 0 Å². The Hall–Kier alpha value is -3.49. The van der Waals surface area contributed by atoms with Gasteiger partial charge in [0.05, 0.1) is 19.1 Å². The van der Waals surface area contributed by atoms with Crippen LogP contribution in [-0.2, 0) is 18.0 Å².